The van der Waals surface area contributed by atoms with Crippen molar-refractivity contribution >= 4 is 35.3 Å². The fraction of sp³-hybridized carbons (Fsp3) is 0.474. The van der Waals surface area contributed by atoms with Gasteiger partial charge < -0.3 is 21.1 Å². The van der Waals surface area contributed by atoms with Gasteiger partial charge in [0.05, 0.1) is 6.20 Å². The zero-order valence-electron chi connectivity index (χ0n) is 16.5. The number of hydrogen-bond acceptors (Lipinski definition) is 7. The number of nitrogens with one attached hydrogen (secondary N) is 4. The smallest absolute Gasteiger partial charge is 0.326 e. The first kappa shape index (κ1) is 19.2. The van der Waals surface area contributed by atoms with E-state index in [1.165, 1.54) is 12.8 Å². The molecule has 0 atom stereocenters. The lowest BCUT2D eigenvalue weighted by Crippen LogP contribution is -2.27. The first-order valence-electron chi connectivity index (χ1n) is 9.66. The van der Waals surface area contributed by atoms with Gasteiger partial charge in [-0.05, 0) is 24.8 Å². The number of carbonyl (C=O) groups is 2. The Morgan fingerprint density at radius 2 is 2.10 bits per heavy atom. The number of imide groups is 1. The normalized spacial score (nSPS) is 18.2. The first-order valence-corrected chi connectivity index (χ1v) is 9.66. The fourth-order valence-corrected chi connectivity index (χ4v) is 2.89. The lowest BCUT2D eigenvalue weighted by atomic mass is 9.95. The summed E-state index contributed by atoms with van der Waals surface area (Å²) in [5, 5.41) is 25.3. The molecule has 0 radical (unpaired) electrons. The molecule has 2 aliphatic rings. The standard InChI is InChI=1S/C19H25N7O3/c1-19(2,10-27)9-21-14-6-15(20-7-11-3-4-11)26-16(24-14)12(8-22-26)5-13-17(28)25-18(29)23-13/h5-6,8,11,20,27H,3-4,7,9-10H2,1-2H3,(H,21,24)(H2,23,25,28,29)/b13-5-. The topological polar surface area (TPSA) is 133 Å². The third-order valence-corrected chi connectivity index (χ3v) is 4.96. The molecule has 1 saturated heterocycles. The van der Waals surface area contributed by atoms with E-state index < -0.39 is 11.9 Å². The molecule has 2 fully saturated rings. The number of nitrogens with zero attached hydrogens (tertiary/aromatic N) is 3. The van der Waals surface area contributed by atoms with Crippen LogP contribution >= 0.6 is 0 Å². The van der Waals surface area contributed by atoms with Crippen molar-refractivity contribution in [3.05, 3.63) is 23.5 Å². The van der Waals surface area contributed by atoms with Gasteiger partial charge in [0, 0.05) is 36.7 Å². The molecule has 10 nitrogen and oxygen atoms in total. The number of aromatic nitrogens is 3. The van der Waals surface area contributed by atoms with Crippen LogP contribution in [0.4, 0.5) is 16.4 Å². The van der Waals surface area contributed by atoms with E-state index in [1.807, 2.05) is 19.9 Å². The minimum Gasteiger partial charge on any atom is -0.396 e. The van der Waals surface area contributed by atoms with Gasteiger partial charge in [-0.2, -0.15) is 9.61 Å². The maximum Gasteiger partial charge on any atom is 0.326 e. The molecule has 2 aromatic rings. The van der Waals surface area contributed by atoms with Crippen molar-refractivity contribution in [3.8, 4) is 0 Å². The molecule has 3 amide bonds. The largest absolute Gasteiger partial charge is 0.396 e. The summed E-state index contributed by atoms with van der Waals surface area (Å²) in [5.41, 5.74) is 1.01. The molecule has 5 N–H and O–H groups in total. The summed E-state index contributed by atoms with van der Waals surface area (Å²) < 4.78 is 1.69. The number of amides is 3. The highest BCUT2D eigenvalue weighted by Crippen LogP contribution is 2.29. The van der Waals surface area contributed by atoms with Crippen LogP contribution in [0.3, 0.4) is 0 Å². The number of aliphatic hydroxyl groups excluding tert-OH is 1. The SMILES string of the molecule is CC(C)(CO)CNc1cc(NCC2CC2)n2ncc(/C=C3\NC(=O)NC3=O)c2n1. The number of aliphatic hydroxyl groups is 1. The Hall–Kier alpha value is -3.14. The quantitative estimate of drug-likeness (QED) is 0.332. The Balaban J connectivity index is 1.68. The van der Waals surface area contributed by atoms with Crippen LogP contribution in [0, 0.1) is 11.3 Å². The van der Waals surface area contributed by atoms with Gasteiger partial charge in [-0.3, -0.25) is 10.1 Å². The summed E-state index contributed by atoms with van der Waals surface area (Å²) in [7, 11) is 0. The molecule has 10 heteroatoms. The van der Waals surface area contributed by atoms with Crippen molar-refractivity contribution < 1.29 is 14.7 Å². The Kier molecular flexibility index (Phi) is 4.87. The predicted molar refractivity (Wildman–Crippen MR) is 108 cm³/mol. The second-order valence-corrected chi connectivity index (χ2v) is 8.33. The average Bonchev–Trinajstić information content (AvgIpc) is 3.35. The van der Waals surface area contributed by atoms with Crippen LogP contribution in [-0.2, 0) is 4.79 Å². The van der Waals surface area contributed by atoms with Gasteiger partial charge in [0.1, 0.15) is 17.3 Å². The summed E-state index contributed by atoms with van der Waals surface area (Å²) >= 11 is 0. The maximum absolute atomic E-state index is 11.9. The maximum atomic E-state index is 11.9. The summed E-state index contributed by atoms with van der Waals surface area (Å²) in [4.78, 5) is 27.9. The van der Waals surface area contributed by atoms with Crippen molar-refractivity contribution in [2.75, 3.05) is 30.3 Å². The van der Waals surface area contributed by atoms with Crippen LogP contribution < -0.4 is 21.3 Å². The average molecular weight is 399 g/mol. The van der Waals surface area contributed by atoms with Gasteiger partial charge in [0.15, 0.2) is 5.65 Å². The number of fused-ring (bicyclic) bond motifs is 1. The van der Waals surface area contributed by atoms with Gasteiger partial charge in [-0.1, -0.05) is 13.8 Å². The van der Waals surface area contributed by atoms with E-state index in [9.17, 15) is 14.7 Å². The molecular formula is C19H25N7O3. The van der Waals surface area contributed by atoms with Crippen LogP contribution in [0.1, 0.15) is 32.3 Å². The van der Waals surface area contributed by atoms with Crippen molar-refractivity contribution in [2.24, 2.45) is 11.3 Å². The molecule has 154 valence electrons. The molecule has 0 unspecified atom stereocenters. The van der Waals surface area contributed by atoms with Crippen molar-refractivity contribution in [1.82, 2.24) is 25.2 Å². The Morgan fingerprint density at radius 3 is 2.76 bits per heavy atom. The molecule has 2 aromatic heterocycles. The van der Waals surface area contributed by atoms with Crippen LogP contribution in [0.15, 0.2) is 18.0 Å². The summed E-state index contributed by atoms with van der Waals surface area (Å²) in [6.07, 6.45) is 5.61. The first-order chi connectivity index (χ1) is 13.8. The van der Waals surface area contributed by atoms with Crippen LogP contribution in [0.5, 0.6) is 0 Å². The van der Waals surface area contributed by atoms with Gasteiger partial charge in [0.2, 0.25) is 0 Å². The van der Waals surface area contributed by atoms with E-state index in [2.05, 4.69) is 31.3 Å². The number of rotatable bonds is 8. The van der Waals surface area contributed by atoms with Gasteiger partial charge >= 0.3 is 6.03 Å². The molecule has 29 heavy (non-hydrogen) atoms. The summed E-state index contributed by atoms with van der Waals surface area (Å²) in [5.74, 6) is 1.62. The van der Waals surface area contributed by atoms with Crippen molar-refractivity contribution in [1.29, 1.82) is 0 Å². The molecular weight excluding hydrogens is 374 g/mol. The van der Waals surface area contributed by atoms with Crippen LogP contribution in [-0.4, -0.2) is 51.3 Å². The van der Waals surface area contributed by atoms with Gasteiger partial charge in [-0.15, -0.1) is 0 Å². The van der Waals surface area contributed by atoms with Crippen molar-refractivity contribution in [3.63, 3.8) is 0 Å². The molecule has 1 aliphatic heterocycles. The minimum atomic E-state index is -0.550. The van der Waals surface area contributed by atoms with E-state index in [0.29, 0.717) is 29.5 Å². The Labute approximate surface area is 167 Å². The summed E-state index contributed by atoms with van der Waals surface area (Å²) in [6.45, 7) is 5.36. The zero-order valence-corrected chi connectivity index (χ0v) is 16.5. The summed E-state index contributed by atoms with van der Waals surface area (Å²) in [6, 6.07) is 1.34. The lowest BCUT2D eigenvalue weighted by Gasteiger charge is -2.22. The number of hydrogen-bond donors (Lipinski definition) is 5. The molecule has 0 aromatic carbocycles. The second kappa shape index (κ2) is 7.36. The Bertz CT molecular complexity index is 991. The van der Waals surface area contributed by atoms with Gasteiger partial charge in [0.25, 0.3) is 5.91 Å². The van der Waals surface area contributed by atoms with E-state index >= 15 is 0 Å². The highest BCUT2D eigenvalue weighted by molar-refractivity contribution is 6.14. The highest BCUT2D eigenvalue weighted by atomic mass is 16.3. The zero-order chi connectivity index (χ0) is 20.6. The monoisotopic (exact) mass is 399 g/mol. The highest BCUT2D eigenvalue weighted by Gasteiger charge is 2.25. The lowest BCUT2D eigenvalue weighted by molar-refractivity contribution is -0.115. The molecule has 0 bridgehead atoms. The van der Waals surface area contributed by atoms with Gasteiger partial charge in [-0.25, -0.2) is 9.78 Å². The van der Waals surface area contributed by atoms with Crippen LogP contribution in [0.2, 0.25) is 0 Å². The third-order valence-electron chi connectivity index (χ3n) is 4.96. The number of carbonyl (C=O) groups excluding carboxylic acids is 2. The molecule has 4 rings (SSSR count). The van der Waals surface area contributed by atoms with Crippen molar-refractivity contribution in [2.45, 2.75) is 26.7 Å². The van der Waals surface area contributed by atoms with E-state index in [-0.39, 0.29) is 17.7 Å². The van der Waals surface area contributed by atoms with E-state index in [4.69, 9.17) is 0 Å². The number of urea groups is 1. The molecule has 0 spiro atoms. The number of anilines is 2. The third kappa shape index (κ3) is 4.32. The molecule has 1 saturated carbocycles. The fourth-order valence-electron chi connectivity index (χ4n) is 2.89. The molecule has 3 heterocycles. The van der Waals surface area contributed by atoms with E-state index in [1.54, 1.807) is 16.8 Å². The minimum absolute atomic E-state index is 0.0495. The molecule has 1 aliphatic carbocycles. The van der Waals surface area contributed by atoms with E-state index in [0.717, 1.165) is 12.4 Å². The second-order valence-electron chi connectivity index (χ2n) is 8.33. The van der Waals surface area contributed by atoms with Crippen LogP contribution in [0.25, 0.3) is 11.7 Å². The Morgan fingerprint density at radius 1 is 1.31 bits per heavy atom. The predicted octanol–water partition coefficient (Wildman–Crippen LogP) is 1.16.